The van der Waals surface area contributed by atoms with E-state index in [4.69, 9.17) is 0 Å². The van der Waals surface area contributed by atoms with Crippen molar-refractivity contribution in [2.75, 3.05) is 0 Å². The van der Waals surface area contributed by atoms with E-state index in [1.807, 2.05) is 25.1 Å². The lowest BCUT2D eigenvalue weighted by Gasteiger charge is -2.14. The highest BCUT2D eigenvalue weighted by Crippen LogP contribution is 2.41. The fourth-order valence-corrected chi connectivity index (χ4v) is 2.17. The van der Waals surface area contributed by atoms with Gasteiger partial charge in [-0.1, -0.05) is 43.7 Å². The molecule has 2 rings (SSSR count). The maximum absolute atomic E-state index is 11.8. The molecule has 1 amide bonds. The van der Waals surface area contributed by atoms with Crippen LogP contribution in [-0.4, -0.2) is 5.91 Å². The van der Waals surface area contributed by atoms with Crippen LogP contribution in [0.2, 0.25) is 0 Å². The number of rotatable bonds is 4. The van der Waals surface area contributed by atoms with Crippen LogP contribution in [0.4, 0.5) is 0 Å². The van der Waals surface area contributed by atoms with E-state index < -0.39 is 0 Å². The van der Waals surface area contributed by atoms with Crippen molar-refractivity contribution in [3.63, 3.8) is 0 Å². The van der Waals surface area contributed by atoms with Gasteiger partial charge in [0.05, 0.1) is 6.04 Å². The average molecular weight is 217 g/mol. The molecule has 1 aromatic rings. The lowest BCUT2D eigenvalue weighted by Crippen LogP contribution is -2.28. The third-order valence-corrected chi connectivity index (χ3v) is 3.44. The third kappa shape index (κ3) is 2.43. The zero-order chi connectivity index (χ0) is 11.5. The van der Waals surface area contributed by atoms with Crippen LogP contribution in [0, 0.1) is 11.8 Å². The van der Waals surface area contributed by atoms with Crippen molar-refractivity contribution in [1.29, 1.82) is 0 Å². The molecule has 1 N–H and O–H groups in total. The molecule has 0 heterocycles. The van der Waals surface area contributed by atoms with E-state index in [0.29, 0.717) is 5.92 Å². The van der Waals surface area contributed by atoms with E-state index in [1.165, 1.54) is 5.56 Å². The lowest BCUT2D eigenvalue weighted by molar-refractivity contribution is -0.123. The van der Waals surface area contributed by atoms with Gasteiger partial charge in [0.15, 0.2) is 0 Å². The highest BCUT2D eigenvalue weighted by atomic mass is 16.2. The second kappa shape index (κ2) is 4.69. The van der Waals surface area contributed by atoms with Crippen molar-refractivity contribution in [2.45, 2.75) is 32.7 Å². The Hall–Kier alpha value is -1.31. The Morgan fingerprint density at radius 1 is 1.44 bits per heavy atom. The van der Waals surface area contributed by atoms with Gasteiger partial charge in [0.1, 0.15) is 0 Å². The Balaban J connectivity index is 1.88. The van der Waals surface area contributed by atoms with Crippen LogP contribution in [-0.2, 0) is 4.79 Å². The van der Waals surface area contributed by atoms with Crippen molar-refractivity contribution in [1.82, 2.24) is 5.32 Å². The van der Waals surface area contributed by atoms with Gasteiger partial charge in [-0.2, -0.15) is 0 Å². The van der Waals surface area contributed by atoms with Crippen molar-refractivity contribution in [3.8, 4) is 0 Å². The van der Waals surface area contributed by atoms with Gasteiger partial charge in [-0.25, -0.2) is 0 Å². The Kier molecular flexibility index (Phi) is 3.28. The molecule has 0 aromatic heterocycles. The molecule has 0 spiro atoms. The van der Waals surface area contributed by atoms with Gasteiger partial charge >= 0.3 is 0 Å². The summed E-state index contributed by atoms with van der Waals surface area (Å²) in [5.74, 6) is 1.13. The van der Waals surface area contributed by atoms with Gasteiger partial charge in [0.2, 0.25) is 5.91 Å². The molecular formula is C14H19NO. The molecule has 1 aliphatic carbocycles. The first-order chi connectivity index (χ1) is 7.72. The topological polar surface area (TPSA) is 29.1 Å². The summed E-state index contributed by atoms with van der Waals surface area (Å²) in [6, 6.07) is 10.2. The summed E-state index contributed by atoms with van der Waals surface area (Å²) in [5.41, 5.74) is 1.17. The van der Waals surface area contributed by atoms with Crippen molar-refractivity contribution < 1.29 is 4.79 Å². The summed E-state index contributed by atoms with van der Waals surface area (Å²) in [6.45, 7) is 4.19. The van der Waals surface area contributed by atoms with Crippen molar-refractivity contribution >= 4 is 5.91 Å². The Bertz CT molecular complexity index is 360. The van der Waals surface area contributed by atoms with E-state index in [1.54, 1.807) is 0 Å². The molecule has 3 atom stereocenters. The number of carbonyl (C=O) groups is 1. The first-order valence-electron chi connectivity index (χ1n) is 6.07. The number of nitrogens with one attached hydrogen (secondary N) is 1. The van der Waals surface area contributed by atoms with E-state index in [2.05, 4.69) is 24.4 Å². The smallest absolute Gasteiger partial charge is 0.223 e. The number of hydrogen-bond donors (Lipinski definition) is 1. The zero-order valence-electron chi connectivity index (χ0n) is 9.94. The predicted octanol–water partition coefficient (Wildman–Crippen LogP) is 2.91. The molecule has 0 bridgehead atoms. The SMILES string of the molecule is CC[C@H]1C[C@@H]1C(=O)NC(C)c1ccccc1. The summed E-state index contributed by atoms with van der Waals surface area (Å²) < 4.78 is 0. The summed E-state index contributed by atoms with van der Waals surface area (Å²) in [5, 5.41) is 3.08. The lowest BCUT2D eigenvalue weighted by atomic mass is 10.1. The van der Waals surface area contributed by atoms with E-state index in [9.17, 15) is 4.79 Å². The van der Waals surface area contributed by atoms with Gasteiger partial charge < -0.3 is 5.32 Å². The summed E-state index contributed by atoms with van der Waals surface area (Å²) in [4.78, 5) is 11.8. The van der Waals surface area contributed by atoms with Crippen LogP contribution >= 0.6 is 0 Å². The molecule has 1 unspecified atom stereocenters. The van der Waals surface area contributed by atoms with Crippen LogP contribution in [0.5, 0.6) is 0 Å². The molecule has 0 aliphatic heterocycles. The van der Waals surface area contributed by atoms with Gasteiger partial charge in [0.25, 0.3) is 0 Å². The minimum Gasteiger partial charge on any atom is -0.349 e. The van der Waals surface area contributed by atoms with Crippen LogP contribution in [0.3, 0.4) is 0 Å². The number of hydrogen-bond acceptors (Lipinski definition) is 1. The Morgan fingerprint density at radius 2 is 2.12 bits per heavy atom. The van der Waals surface area contributed by atoms with Gasteiger partial charge in [-0.05, 0) is 24.8 Å². The quantitative estimate of drug-likeness (QED) is 0.825. The predicted molar refractivity (Wildman–Crippen MR) is 64.9 cm³/mol. The first kappa shape index (κ1) is 11.2. The molecule has 0 saturated heterocycles. The van der Waals surface area contributed by atoms with Crippen LogP contribution in [0.15, 0.2) is 30.3 Å². The number of amides is 1. The molecule has 1 aromatic carbocycles. The van der Waals surface area contributed by atoms with E-state index in [0.717, 1.165) is 12.8 Å². The van der Waals surface area contributed by atoms with Gasteiger partial charge in [-0.15, -0.1) is 0 Å². The summed E-state index contributed by atoms with van der Waals surface area (Å²) in [7, 11) is 0. The maximum atomic E-state index is 11.8. The fraction of sp³-hybridized carbons (Fsp3) is 0.500. The molecule has 1 aliphatic rings. The minimum atomic E-state index is 0.117. The van der Waals surface area contributed by atoms with Crippen molar-refractivity contribution in [3.05, 3.63) is 35.9 Å². The van der Waals surface area contributed by atoms with Crippen molar-refractivity contribution in [2.24, 2.45) is 11.8 Å². The van der Waals surface area contributed by atoms with E-state index in [-0.39, 0.29) is 17.9 Å². The van der Waals surface area contributed by atoms with Gasteiger partial charge in [-0.3, -0.25) is 4.79 Å². The molecule has 86 valence electrons. The number of benzene rings is 1. The molecule has 0 radical (unpaired) electrons. The van der Waals surface area contributed by atoms with E-state index >= 15 is 0 Å². The summed E-state index contributed by atoms with van der Waals surface area (Å²) >= 11 is 0. The molecule has 1 fully saturated rings. The molecule has 1 saturated carbocycles. The highest BCUT2D eigenvalue weighted by Gasteiger charge is 2.41. The molecule has 2 heteroatoms. The minimum absolute atomic E-state index is 0.117. The van der Waals surface area contributed by atoms with Gasteiger partial charge in [0, 0.05) is 5.92 Å². The second-order valence-corrected chi connectivity index (χ2v) is 4.65. The molecule has 16 heavy (non-hydrogen) atoms. The van der Waals surface area contributed by atoms with Crippen LogP contribution in [0.25, 0.3) is 0 Å². The number of carbonyl (C=O) groups excluding carboxylic acids is 1. The first-order valence-corrected chi connectivity index (χ1v) is 6.07. The summed E-state index contributed by atoms with van der Waals surface area (Å²) in [6.07, 6.45) is 2.20. The normalized spacial score (nSPS) is 24.9. The second-order valence-electron chi connectivity index (χ2n) is 4.65. The Morgan fingerprint density at radius 3 is 2.69 bits per heavy atom. The highest BCUT2D eigenvalue weighted by molar-refractivity contribution is 5.81. The average Bonchev–Trinajstić information content (AvgIpc) is 3.09. The molecular weight excluding hydrogens is 198 g/mol. The van der Waals surface area contributed by atoms with Crippen LogP contribution in [0.1, 0.15) is 38.3 Å². The Labute approximate surface area is 97.1 Å². The largest absolute Gasteiger partial charge is 0.349 e. The van der Waals surface area contributed by atoms with Crippen LogP contribution < -0.4 is 5.32 Å². The zero-order valence-corrected chi connectivity index (χ0v) is 9.94. The maximum Gasteiger partial charge on any atom is 0.223 e. The molecule has 2 nitrogen and oxygen atoms in total. The monoisotopic (exact) mass is 217 g/mol. The fourth-order valence-electron chi connectivity index (χ4n) is 2.17. The third-order valence-electron chi connectivity index (χ3n) is 3.44. The standard InChI is InChI=1S/C14H19NO/c1-3-11-9-13(11)14(16)15-10(2)12-7-5-4-6-8-12/h4-8,10-11,13H,3,9H2,1-2H3,(H,15,16)/t10?,11-,13-/m0/s1.